The lowest BCUT2D eigenvalue weighted by atomic mass is 9.78. The summed E-state index contributed by atoms with van der Waals surface area (Å²) in [5.41, 5.74) is 1.29. The molecule has 0 aromatic rings. The number of allylic oxidation sites excluding steroid dienone is 6. The van der Waals surface area contributed by atoms with Crippen LogP contribution < -0.4 is 0 Å². The highest BCUT2D eigenvalue weighted by molar-refractivity contribution is 6.39. The van der Waals surface area contributed by atoms with Crippen LogP contribution in [0.5, 0.6) is 0 Å². The van der Waals surface area contributed by atoms with Crippen molar-refractivity contribution in [2.75, 3.05) is 27.4 Å². The molecule has 4 rings (SSSR count). The van der Waals surface area contributed by atoms with Crippen molar-refractivity contribution in [3.05, 3.63) is 47.6 Å². The molecule has 14 nitrogen and oxygen atoms in total. The van der Waals surface area contributed by atoms with Crippen molar-refractivity contribution in [1.82, 2.24) is 4.90 Å². The first-order valence-electron chi connectivity index (χ1n) is 24.5. The Hall–Kier alpha value is -3.37. The molecule has 2 saturated heterocycles. The van der Waals surface area contributed by atoms with E-state index in [9.17, 15) is 39.3 Å². The number of methoxy groups -OCH3 is 2. The summed E-state index contributed by atoms with van der Waals surface area (Å²) in [6, 6.07) is -1.14. The number of rotatable bonds is 7. The predicted molar refractivity (Wildman–Crippen MR) is 250 cm³/mol. The molecular formula is C52H81NO13. The molecule has 14 heteroatoms. The molecule has 1 amide bonds. The highest BCUT2D eigenvalue weighted by atomic mass is 16.6. The summed E-state index contributed by atoms with van der Waals surface area (Å²) in [7, 11) is 2.95. The third kappa shape index (κ3) is 14.6. The molecule has 3 heterocycles. The summed E-state index contributed by atoms with van der Waals surface area (Å²) < 4.78 is 29.7. The molecule has 3 aliphatic heterocycles. The maximum absolute atomic E-state index is 14.4. The van der Waals surface area contributed by atoms with E-state index in [0.717, 1.165) is 12.0 Å². The van der Waals surface area contributed by atoms with Crippen molar-refractivity contribution < 1.29 is 63.0 Å². The minimum Gasteiger partial charge on any atom is -0.460 e. The minimum atomic E-state index is -2.43. The largest absolute Gasteiger partial charge is 0.460 e. The van der Waals surface area contributed by atoms with Crippen molar-refractivity contribution in [1.29, 1.82) is 0 Å². The molecule has 2 bridgehead atoms. The smallest absolute Gasteiger partial charge is 0.329 e. The van der Waals surface area contributed by atoms with Gasteiger partial charge in [-0.3, -0.25) is 19.2 Å². The van der Waals surface area contributed by atoms with Crippen LogP contribution in [0, 0.1) is 35.5 Å². The molecule has 3 N–H and O–H groups in total. The Balaban J connectivity index is 1.71. The molecule has 0 radical (unpaired) electrons. The van der Waals surface area contributed by atoms with Crippen molar-refractivity contribution in [2.45, 2.75) is 187 Å². The highest BCUT2D eigenvalue weighted by Crippen LogP contribution is 2.38. The Morgan fingerprint density at radius 1 is 0.879 bits per heavy atom. The lowest BCUT2D eigenvalue weighted by Crippen LogP contribution is -2.61. The Morgan fingerprint density at radius 3 is 2.29 bits per heavy atom. The van der Waals surface area contributed by atoms with Gasteiger partial charge in [-0.15, -0.1) is 0 Å². The standard InChI is InChI=1S/C52H81NO13/c1-11-64-43-29-39-22-20-37(8)52(61,66-39)49(58)50(59)53-24-16-15-19-40(53)51(60)65-44(34(5)27-38-21-23-41(54)45(28-38)62-9)30-42(55)33(4)26-36(7)47(57)48(63-10)46(56)35(6)25-31(2)17-13-12-14-18-32(43)3/h12-14,17-18,26,31,33-35,37-41,43-45,47-48,54,57,61H,11,15-16,19-25,27-30H2,1-10H3/b14-12+,17-13-,32-18+,36-26+/t31-,33-,34-,35-,37-,38+,39+,40+,41-,43+,44+,45-,47-,48+,52-/m1/s1. The van der Waals surface area contributed by atoms with Crippen LogP contribution in [0.1, 0.15) is 132 Å². The maximum Gasteiger partial charge on any atom is 0.329 e. The zero-order valence-corrected chi connectivity index (χ0v) is 41.3. The number of ether oxygens (including phenoxy) is 5. The van der Waals surface area contributed by atoms with Crippen molar-refractivity contribution in [3.8, 4) is 0 Å². The normalized spacial score (nSPS) is 40.0. The van der Waals surface area contributed by atoms with Crippen LogP contribution in [-0.2, 0) is 47.7 Å². The Bertz CT molecular complexity index is 1770. The van der Waals surface area contributed by atoms with E-state index in [1.807, 2.05) is 65.0 Å². The molecule has 1 saturated carbocycles. The molecule has 3 fully saturated rings. The average molecular weight is 928 g/mol. The molecule has 66 heavy (non-hydrogen) atoms. The fourth-order valence-electron chi connectivity index (χ4n) is 10.2. The number of carbonyl (C=O) groups is 5. The fourth-order valence-corrected chi connectivity index (χ4v) is 10.2. The third-order valence-corrected chi connectivity index (χ3v) is 14.6. The van der Waals surface area contributed by atoms with Gasteiger partial charge in [0, 0.05) is 58.0 Å². The van der Waals surface area contributed by atoms with Crippen LogP contribution in [-0.4, -0.2) is 131 Å². The molecule has 1 aliphatic carbocycles. The molecular weight excluding hydrogens is 847 g/mol. The van der Waals surface area contributed by atoms with Crippen LogP contribution in [0.3, 0.4) is 0 Å². The van der Waals surface area contributed by atoms with Crippen LogP contribution in [0.2, 0.25) is 0 Å². The predicted octanol–water partition coefficient (Wildman–Crippen LogP) is 6.57. The van der Waals surface area contributed by atoms with Crippen molar-refractivity contribution >= 4 is 29.2 Å². The summed E-state index contributed by atoms with van der Waals surface area (Å²) in [4.78, 5) is 71.9. The monoisotopic (exact) mass is 928 g/mol. The van der Waals surface area contributed by atoms with Crippen molar-refractivity contribution in [2.24, 2.45) is 35.5 Å². The van der Waals surface area contributed by atoms with E-state index in [0.29, 0.717) is 70.0 Å². The molecule has 372 valence electrons. The van der Waals surface area contributed by atoms with Gasteiger partial charge >= 0.3 is 5.97 Å². The third-order valence-electron chi connectivity index (χ3n) is 14.6. The number of ketones is 3. The van der Waals surface area contributed by atoms with E-state index in [2.05, 4.69) is 0 Å². The number of cyclic esters (lactones) is 1. The Morgan fingerprint density at radius 2 is 1.61 bits per heavy atom. The van der Waals surface area contributed by atoms with E-state index < -0.39 is 83.9 Å². The van der Waals surface area contributed by atoms with Gasteiger partial charge in [-0.05, 0) is 114 Å². The zero-order chi connectivity index (χ0) is 48.9. The number of hydrogen-bond acceptors (Lipinski definition) is 13. The maximum atomic E-state index is 14.4. The average Bonchev–Trinajstić information content (AvgIpc) is 3.29. The summed E-state index contributed by atoms with van der Waals surface area (Å²) >= 11 is 0. The molecule has 0 aromatic carbocycles. The van der Waals surface area contributed by atoms with Gasteiger partial charge in [0.2, 0.25) is 5.79 Å². The van der Waals surface area contributed by atoms with Crippen molar-refractivity contribution in [3.63, 3.8) is 0 Å². The second-order valence-corrected chi connectivity index (χ2v) is 19.8. The Labute approximate surface area is 393 Å². The van der Waals surface area contributed by atoms with E-state index >= 15 is 0 Å². The lowest BCUT2D eigenvalue weighted by Gasteiger charge is -2.43. The van der Waals surface area contributed by atoms with E-state index in [-0.39, 0.29) is 54.8 Å². The first kappa shape index (κ1) is 55.2. The summed E-state index contributed by atoms with van der Waals surface area (Å²) in [6.45, 7) is 15.1. The first-order chi connectivity index (χ1) is 31.2. The molecule has 0 aromatic heterocycles. The van der Waals surface area contributed by atoms with Gasteiger partial charge in [-0.25, -0.2) is 4.79 Å². The number of Topliss-reactive ketones (excluding diaryl/α,β-unsaturated/α-hetero) is 3. The number of amides is 1. The summed E-state index contributed by atoms with van der Waals surface area (Å²) in [6.07, 6.45) is 11.3. The number of esters is 1. The second-order valence-electron chi connectivity index (χ2n) is 19.8. The van der Waals surface area contributed by atoms with Crippen LogP contribution in [0.25, 0.3) is 0 Å². The van der Waals surface area contributed by atoms with E-state index in [1.165, 1.54) is 12.0 Å². The minimum absolute atomic E-state index is 0.0188. The molecule has 15 atom stereocenters. The Kier molecular flexibility index (Phi) is 21.6. The van der Waals surface area contributed by atoms with Gasteiger partial charge < -0.3 is 43.9 Å². The quantitative estimate of drug-likeness (QED) is 0.141. The number of carbonyl (C=O) groups excluding carboxylic acids is 5. The lowest BCUT2D eigenvalue weighted by molar-refractivity contribution is -0.266. The van der Waals surface area contributed by atoms with E-state index in [4.69, 9.17) is 23.7 Å². The van der Waals surface area contributed by atoms with Crippen LogP contribution in [0.15, 0.2) is 47.6 Å². The molecule has 0 unspecified atom stereocenters. The SMILES string of the molecule is CCO[C@H]1C[C@@H]2CC[C@@H](C)[C@@](O)(O2)C(=O)C(=O)N2CCCC[C@H]2C(=O)O[C@H]([C@H](C)C[C@@H]2CC[C@@H](O)[C@H](OC)C2)CC(=O)[C@H](C)/C=C(\C)[C@@H](O)[C@@H](OC)C(=O)[C@H](C)C[C@H](C)\C=C/C=C/C=C/1C. The van der Waals surface area contributed by atoms with Crippen LogP contribution >= 0.6 is 0 Å². The second kappa shape index (κ2) is 25.8. The number of aliphatic hydroxyl groups excluding tert-OH is 2. The summed E-state index contributed by atoms with van der Waals surface area (Å²) in [5, 5.41) is 33.9. The van der Waals surface area contributed by atoms with Gasteiger partial charge in [0.25, 0.3) is 11.7 Å². The fraction of sp³-hybridized carbons (Fsp3) is 0.750. The highest BCUT2D eigenvalue weighted by Gasteiger charge is 2.53. The van der Waals surface area contributed by atoms with Gasteiger partial charge in [0.15, 0.2) is 5.78 Å². The number of aliphatic hydroxyl groups is 3. The van der Waals surface area contributed by atoms with Gasteiger partial charge in [-0.2, -0.15) is 0 Å². The molecule has 0 spiro atoms. The number of piperidine rings is 1. The number of fused-ring (bicyclic) bond motifs is 3. The topological polar surface area (TPSA) is 195 Å². The zero-order valence-electron chi connectivity index (χ0n) is 41.3. The van der Waals surface area contributed by atoms with E-state index in [1.54, 1.807) is 34.0 Å². The number of hydrogen-bond donors (Lipinski definition) is 3. The van der Waals surface area contributed by atoms with Gasteiger partial charge in [0.1, 0.15) is 30.1 Å². The first-order valence-corrected chi connectivity index (χ1v) is 24.5. The van der Waals surface area contributed by atoms with Gasteiger partial charge in [-0.1, -0.05) is 71.1 Å². The van der Waals surface area contributed by atoms with Crippen LogP contribution in [0.4, 0.5) is 0 Å². The number of nitrogens with zero attached hydrogens (tertiary/aromatic N) is 1. The summed E-state index contributed by atoms with van der Waals surface area (Å²) in [5.74, 6) is -7.95. The van der Waals surface area contributed by atoms with Gasteiger partial charge in [0.05, 0.1) is 24.4 Å². The molecule has 4 aliphatic rings.